The van der Waals surface area contributed by atoms with Gasteiger partial charge in [0.05, 0.1) is 17.8 Å². The fraction of sp³-hybridized carbons (Fsp3) is 0.435. The van der Waals surface area contributed by atoms with Crippen LogP contribution in [0.4, 0.5) is 0 Å². The van der Waals surface area contributed by atoms with Gasteiger partial charge in [0.15, 0.2) is 0 Å². The summed E-state index contributed by atoms with van der Waals surface area (Å²) in [5, 5.41) is 3.77. The van der Waals surface area contributed by atoms with Crippen LogP contribution in [-0.4, -0.2) is 40.0 Å². The quantitative estimate of drug-likeness (QED) is 0.631. The van der Waals surface area contributed by atoms with Crippen molar-refractivity contribution in [2.45, 2.75) is 45.7 Å². The van der Waals surface area contributed by atoms with E-state index in [2.05, 4.69) is 27.3 Å². The molecule has 1 saturated heterocycles. The lowest BCUT2D eigenvalue weighted by Crippen LogP contribution is -2.37. The summed E-state index contributed by atoms with van der Waals surface area (Å²) in [7, 11) is 0. The van der Waals surface area contributed by atoms with Crippen molar-refractivity contribution in [1.29, 1.82) is 0 Å². The Morgan fingerprint density at radius 2 is 1.93 bits per heavy atom. The fourth-order valence-electron chi connectivity index (χ4n) is 4.14. The van der Waals surface area contributed by atoms with Crippen molar-refractivity contribution >= 4 is 27.5 Å². The molecule has 1 aromatic carbocycles. The number of hydrogen-bond donors (Lipinski definition) is 1. The first-order valence-corrected chi connectivity index (χ1v) is 11.4. The van der Waals surface area contributed by atoms with Gasteiger partial charge in [0.1, 0.15) is 4.83 Å². The van der Waals surface area contributed by atoms with Crippen LogP contribution in [0.15, 0.2) is 41.5 Å². The first-order valence-electron chi connectivity index (χ1n) is 10.6. The smallest absolute Gasteiger partial charge is 0.262 e. The van der Waals surface area contributed by atoms with Crippen molar-refractivity contribution in [2.75, 3.05) is 19.6 Å². The van der Waals surface area contributed by atoms with E-state index in [1.54, 1.807) is 10.9 Å². The first-order chi connectivity index (χ1) is 14.5. The molecule has 30 heavy (non-hydrogen) atoms. The number of carbonyl (C=O) groups excluding carboxylic acids is 1. The molecular formula is C23H28N4O2S. The van der Waals surface area contributed by atoms with E-state index >= 15 is 0 Å². The Balaban J connectivity index is 1.39. The Labute approximate surface area is 180 Å². The number of thiophene rings is 1. The van der Waals surface area contributed by atoms with Crippen LogP contribution in [0.3, 0.4) is 0 Å². The zero-order chi connectivity index (χ0) is 21.1. The third-order valence-electron chi connectivity index (χ3n) is 5.99. The van der Waals surface area contributed by atoms with Gasteiger partial charge in [0.25, 0.3) is 5.56 Å². The highest BCUT2D eigenvalue weighted by Crippen LogP contribution is 2.26. The minimum Gasteiger partial charge on any atom is -0.354 e. The molecule has 1 aliphatic rings. The number of nitrogens with one attached hydrogen (secondary N) is 1. The number of carbonyl (C=O) groups is 1. The van der Waals surface area contributed by atoms with E-state index in [0.717, 1.165) is 28.4 Å². The molecule has 0 bridgehead atoms. The molecule has 3 aromatic rings. The predicted octanol–water partition coefficient (Wildman–Crippen LogP) is 3.42. The maximum absolute atomic E-state index is 12.8. The summed E-state index contributed by atoms with van der Waals surface area (Å²) >= 11 is 1.54. The molecule has 0 aliphatic carbocycles. The van der Waals surface area contributed by atoms with Crippen molar-refractivity contribution in [2.24, 2.45) is 0 Å². The van der Waals surface area contributed by atoms with Crippen LogP contribution in [-0.2, 0) is 11.3 Å². The van der Waals surface area contributed by atoms with Crippen LogP contribution in [0.5, 0.6) is 0 Å². The second-order valence-electron chi connectivity index (χ2n) is 7.93. The summed E-state index contributed by atoms with van der Waals surface area (Å²) in [4.78, 5) is 34.1. The molecule has 7 heteroatoms. The van der Waals surface area contributed by atoms with Gasteiger partial charge in [-0.1, -0.05) is 30.3 Å². The lowest BCUT2D eigenvalue weighted by atomic mass is 10.1. The van der Waals surface area contributed by atoms with Crippen LogP contribution < -0.4 is 10.9 Å². The van der Waals surface area contributed by atoms with Gasteiger partial charge < -0.3 is 5.32 Å². The Kier molecular flexibility index (Phi) is 6.29. The predicted molar refractivity (Wildman–Crippen MR) is 121 cm³/mol. The highest BCUT2D eigenvalue weighted by Gasteiger charge is 2.23. The zero-order valence-electron chi connectivity index (χ0n) is 17.6. The number of hydrogen-bond acceptors (Lipinski definition) is 5. The molecule has 1 aliphatic heterocycles. The fourth-order valence-corrected chi connectivity index (χ4v) is 5.12. The van der Waals surface area contributed by atoms with Gasteiger partial charge in [0.2, 0.25) is 5.91 Å². The number of amides is 1. The number of likely N-dealkylation sites (tertiary alicyclic amines) is 1. The maximum Gasteiger partial charge on any atom is 0.262 e. The van der Waals surface area contributed by atoms with Crippen molar-refractivity contribution in [3.05, 3.63) is 63.0 Å². The molecule has 0 radical (unpaired) electrons. The van der Waals surface area contributed by atoms with Crippen molar-refractivity contribution in [1.82, 2.24) is 19.8 Å². The van der Waals surface area contributed by atoms with Crippen molar-refractivity contribution in [3.8, 4) is 0 Å². The molecule has 1 atom stereocenters. The number of aryl methyl sites for hydroxylation is 3. The van der Waals surface area contributed by atoms with Crippen LogP contribution in [0.1, 0.15) is 41.3 Å². The zero-order valence-corrected chi connectivity index (χ0v) is 18.4. The van der Waals surface area contributed by atoms with Gasteiger partial charge >= 0.3 is 0 Å². The summed E-state index contributed by atoms with van der Waals surface area (Å²) in [5.41, 5.74) is 2.16. The van der Waals surface area contributed by atoms with Crippen LogP contribution in [0.2, 0.25) is 0 Å². The van der Waals surface area contributed by atoms with Gasteiger partial charge in [-0.25, -0.2) is 4.98 Å². The molecule has 3 heterocycles. The number of aromatic nitrogens is 2. The summed E-state index contributed by atoms with van der Waals surface area (Å²) in [6.45, 7) is 7.00. The van der Waals surface area contributed by atoms with Crippen LogP contribution in [0.25, 0.3) is 10.2 Å². The molecule has 0 saturated carbocycles. The Morgan fingerprint density at radius 1 is 1.20 bits per heavy atom. The third-order valence-corrected chi connectivity index (χ3v) is 7.11. The summed E-state index contributed by atoms with van der Waals surface area (Å²) in [6, 6.07) is 10.5. The largest absolute Gasteiger partial charge is 0.354 e. The van der Waals surface area contributed by atoms with Gasteiger partial charge in [0, 0.05) is 24.4 Å². The molecule has 6 nitrogen and oxygen atoms in total. The van der Waals surface area contributed by atoms with E-state index in [-0.39, 0.29) is 23.9 Å². The highest BCUT2D eigenvalue weighted by atomic mass is 32.1. The molecule has 1 unspecified atom stereocenters. The minimum atomic E-state index is -0.0612. The molecule has 158 valence electrons. The van der Waals surface area contributed by atoms with E-state index in [1.165, 1.54) is 29.7 Å². The van der Waals surface area contributed by atoms with Crippen LogP contribution >= 0.6 is 11.3 Å². The van der Waals surface area contributed by atoms with Gasteiger partial charge in [-0.15, -0.1) is 11.3 Å². The summed E-state index contributed by atoms with van der Waals surface area (Å²) in [5.74, 6) is -0.0413. The van der Waals surface area contributed by atoms with E-state index < -0.39 is 0 Å². The average Bonchev–Trinajstić information content (AvgIpc) is 3.37. The number of benzene rings is 1. The van der Waals surface area contributed by atoms with Crippen molar-refractivity contribution < 1.29 is 4.79 Å². The lowest BCUT2D eigenvalue weighted by Gasteiger charge is -2.28. The van der Waals surface area contributed by atoms with Crippen molar-refractivity contribution in [3.63, 3.8) is 0 Å². The molecule has 1 N–H and O–H groups in total. The molecular weight excluding hydrogens is 396 g/mol. The molecule has 1 amide bonds. The summed E-state index contributed by atoms with van der Waals surface area (Å²) in [6.07, 6.45) is 4.23. The molecule has 2 aromatic heterocycles. The number of nitrogens with zero attached hydrogens (tertiary/aromatic N) is 3. The second kappa shape index (κ2) is 9.10. The molecule has 4 rings (SSSR count). The Bertz CT molecular complexity index is 1080. The van der Waals surface area contributed by atoms with E-state index in [0.29, 0.717) is 18.5 Å². The highest BCUT2D eigenvalue weighted by molar-refractivity contribution is 7.18. The van der Waals surface area contributed by atoms with Gasteiger partial charge in [-0.3, -0.25) is 19.1 Å². The minimum absolute atomic E-state index is 0.0413. The van der Waals surface area contributed by atoms with E-state index in [1.807, 2.05) is 32.0 Å². The third kappa shape index (κ3) is 4.32. The second-order valence-corrected chi connectivity index (χ2v) is 9.13. The monoisotopic (exact) mass is 424 g/mol. The van der Waals surface area contributed by atoms with Gasteiger partial charge in [-0.05, 0) is 50.9 Å². The van der Waals surface area contributed by atoms with E-state index in [9.17, 15) is 9.59 Å². The Morgan fingerprint density at radius 3 is 2.67 bits per heavy atom. The number of rotatable bonds is 7. The normalized spacial score (nSPS) is 15.5. The average molecular weight is 425 g/mol. The lowest BCUT2D eigenvalue weighted by molar-refractivity contribution is -0.121. The van der Waals surface area contributed by atoms with Crippen LogP contribution in [0, 0.1) is 13.8 Å². The topological polar surface area (TPSA) is 67.2 Å². The number of fused-ring (bicyclic) bond motifs is 1. The van der Waals surface area contributed by atoms with E-state index in [4.69, 9.17) is 0 Å². The standard InChI is InChI=1S/C23H28N4O2S/c1-16-17(2)30-22-21(16)23(29)27(15-25-22)13-10-20(28)24-14-19(26-11-6-7-12-26)18-8-4-3-5-9-18/h3-5,8-9,15,19H,6-7,10-14H2,1-2H3,(H,24,28). The molecule has 0 spiro atoms. The SMILES string of the molecule is Cc1sc2ncn(CCC(=O)NCC(c3ccccc3)N3CCCC3)c(=O)c2c1C. The van der Waals surface area contributed by atoms with Gasteiger partial charge in [-0.2, -0.15) is 0 Å². The maximum atomic E-state index is 12.8. The first kappa shape index (κ1) is 20.8. The molecule has 1 fully saturated rings. The Hall–Kier alpha value is -2.51. The summed E-state index contributed by atoms with van der Waals surface area (Å²) < 4.78 is 1.55.